The minimum absolute atomic E-state index is 0.150. The number of carbonyl (C=O) groups excluding carboxylic acids is 1. The molecule has 178 valence electrons. The standard InChI is InChI=1S/C24H23F4N5O/c1-15-4-2-11-33(20(15)7-8-21-31-13-16(14-32-21)24(26,27)28)23(34)19-12-17(25)5-6-18(19)22-29-9-3-10-30-22/h3,5-6,9-10,12-15,20H,2,4,7-8,11H2,1H3/t15-,20-/m1/s1. The fourth-order valence-corrected chi connectivity index (χ4v) is 4.33. The molecule has 0 saturated carbocycles. The lowest BCUT2D eigenvalue weighted by Crippen LogP contribution is -2.48. The predicted molar refractivity (Wildman–Crippen MR) is 116 cm³/mol. The number of hydrogen-bond acceptors (Lipinski definition) is 5. The number of halogens is 4. The van der Waals surface area contributed by atoms with Crippen molar-refractivity contribution < 1.29 is 22.4 Å². The van der Waals surface area contributed by atoms with Crippen LogP contribution in [0, 0.1) is 11.7 Å². The Morgan fingerprint density at radius 2 is 1.82 bits per heavy atom. The minimum Gasteiger partial charge on any atom is -0.335 e. The van der Waals surface area contributed by atoms with E-state index in [1.54, 1.807) is 23.4 Å². The van der Waals surface area contributed by atoms with Crippen LogP contribution in [-0.2, 0) is 12.6 Å². The van der Waals surface area contributed by atoms with Crippen molar-refractivity contribution in [3.63, 3.8) is 0 Å². The fraction of sp³-hybridized carbons (Fsp3) is 0.375. The van der Waals surface area contributed by atoms with Crippen LogP contribution in [0.3, 0.4) is 0 Å². The number of benzene rings is 1. The molecule has 0 unspecified atom stereocenters. The van der Waals surface area contributed by atoms with Crippen molar-refractivity contribution in [1.82, 2.24) is 24.8 Å². The van der Waals surface area contributed by atoms with Gasteiger partial charge in [-0.2, -0.15) is 13.2 Å². The molecular formula is C24H23F4N5O. The number of likely N-dealkylation sites (tertiary alicyclic amines) is 1. The van der Waals surface area contributed by atoms with Gasteiger partial charge in [-0.25, -0.2) is 24.3 Å². The van der Waals surface area contributed by atoms with E-state index in [0.717, 1.165) is 25.2 Å². The number of nitrogens with zero attached hydrogens (tertiary/aromatic N) is 5. The van der Waals surface area contributed by atoms with Gasteiger partial charge in [0, 0.05) is 49.4 Å². The lowest BCUT2D eigenvalue weighted by atomic mass is 9.87. The quantitative estimate of drug-likeness (QED) is 0.490. The lowest BCUT2D eigenvalue weighted by molar-refractivity contribution is -0.138. The Labute approximate surface area is 194 Å². The molecule has 3 heterocycles. The van der Waals surface area contributed by atoms with Crippen LogP contribution in [0.1, 0.15) is 47.9 Å². The van der Waals surface area contributed by atoms with E-state index in [9.17, 15) is 22.4 Å². The van der Waals surface area contributed by atoms with Crippen LogP contribution in [0.4, 0.5) is 17.6 Å². The molecule has 0 spiro atoms. The molecule has 0 bridgehead atoms. The molecule has 1 amide bonds. The molecule has 1 fully saturated rings. The maximum absolute atomic E-state index is 14.1. The molecule has 0 N–H and O–H groups in total. The SMILES string of the molecule is C[C@@H]1CCCN(C(=O)c2cc(F)ccc2-c2ncccn2)[C@@H]1CCc1ncc(C(F)(F)F)cn1. The van der Waals surface area contributed by atoms with Crippen LogP contribution in [0.15, 0.2) is 49.1 Å². The number of alkyl halides is 3. The average molecular weight is 473 g/mol. The highest BCUT2D eigenvalue weighted by molar-refractivity contribution is 6.00. The zero-order chi connectivity index (χ0) is 24.3. The van der Waals surface area contributed by atoms with Gasteiger partial charge in [0.25, 0.3) is 5.91 Å². The summed E-state index contributed by atoms with van der Waals surface area (Å²) in [7, 11) is 0. The number of hydrogen-bond donors (Lipinski definition) is 0. The number of piperidine rings is 1. The molecule has 0 radical (unpaired) electrons. The van der Waals surface area contributed by atoms with Gasteiger partial charge in [-0.15, -0.1) is 0 Å². The third-order valence-electron chi connectivity index (χ3n) is 6.09. The van der Waals surface area contributed by atoms with Gasteiger partial charge in [0.2, 0.25) is 0 Å². The summed E-state index contributed by atoms with van der Waals surface area (Å²) in [6.45, 7) is 2.53. The summed E-state index contributed by atoms with van der Waals surface area (Å²) in [5.41, 5.74) is -0.285. The smallest absolute Gasteiger partial charge is 0.335 e. The molecule has 2 atom stereocenters. The molecule has 6 nitrogen and oxygen atoms in total. The van der Waals surface area contributed by atoms with E-state index in [1.165, 1.54) is 18.2 Å². The topological polar surface area (TPSA) is 71.9 Å². The van der Waals surface area contributed by atoms with Crippen molar-refractivity contribution in [3.8, 4) is 11.4 Å². The van der Waals surface area contributed by atoms with E-state index in [0.29, 0.717) is 30.8 Å². The normalized spacial score (nSPS) is 18.7. The van der Waals surface area contributed by atoms with Gasteiger partial charge >= 0.3 is 6.18 Å². The summed E-state index contributed by atoms with van der Waals surface area (Å²) in [4.78, 5) is 31.4. The van der Waals surface area contributed by atoms with Crippen molar-refractivity contribution in [2.75, 3.05) is 6.54 Å². The van der Waals surface area contributed by atoms with Crippen LogP contribution >= 0.6 is 0 Å². The number of aromatic nitrogens is 4. The van der Waals surface area contributed by atoms with E-state index in [2.05, 4.69) is 19.9 Å². The predicted octanol–water partition coefficient (Wildman–Crippen LogP) is 4.97. The highest BCUT2D eigenvalue weighted by atomic mass is 19.4. The Morgan fingerprint density at radius 1 is 1.12 bits per heavy atom. The zero-order valence-corrected chi connectivity index (χ0v) is 18.5. The maximum atomic E-state index is 14.1. The molecule has 1 aliphatic heterocycles. The Morgan fingerprint density at radius 3 is 2.50 bits per heavy atom. The van der Waals surface area contributed by atoms with Gasteiger partial charge in [0.05, 0.1) is 11.1 Å². The number of rotatable bonds is 5. The van der Waals surface area contributed by atoms with Crippen LogP contribution < -0.4 is 0 Å². The molecule has 0 aliphatic carbocycles. The highest BCUT2D eigenvalue weighted by Gasteiger charge is 2.34. The summed E-state index contributed by atoms with van der Waals surface area (Å²) >= 11 is 0. The Balaban J connectivity index is 1.57. The van der Waals surface area contributed by atoms with Gasteiger partial charge in [-0.05, 0) is 49.4 Å². The first-order valence-electron chi connectivity index (χ1n) is 11.0. The van der Waals surface area contributed by atoms with E-state index in [4.69, 9.17) is 0 Å². The summed E-state index contributed by atoms with van der Waals surface area (Å²) in [6.07, 6.45) is 2.64. The van der Waals surface area contributed by atoms with Gasteiger partial charge < -0.3 is 4.90 Å². The second-order valence-electron chi connectivity index (χ2n) is 8.37. The molecule has 1 saturated heterocycles. The summed E-state index contributed by atoms with van der Waals surface area (Å²) in [5.74, 6) is -0.111. The molecule has 34 heavy (non-hydrogen) atoms. The van der Waals surface area contributed by atoms with Crippen molar-refractivity contribution in [1.29, 1.82) is 0 Å². The molecular weight excluding hydrogens is 450 g/mol. The Bertz CT molecular complexity index is 1140. The lowest BCUT2D eigenvalue weighted by Gasteiger charge is -2.40. The largest absolute Gasteiger partial charge is 0.419 e. The number of carbonyl (C=O) groups is 1. The Kier molecular flexibility index (Phi) is 6.85. The maximum Gasteiger partial charge on any atom is 0.419 e. The third kappa shape index (κ3) is 5.21. The van der Waals surface area contributed by atoms with E-state index >= 15 is 0 Å². The van der Waals surface area contributed by atoms with Crippen molar-refractivity contribution in [2.24, 2.45) is 5.92 Å². The van der Waals surface area contributed by atoms with Gasteiger partial charge in [-0.3, -0.25) is 4.79 Å². The van der Waals surface area contributed by atoms with Crippen LogP contribution in [0.5, 0.6) is 0 Å². The van der Waals surface area contributed by atoms with E-state index in [-0.39, 0.29) is 29.3 Å². The molecule has 1 aliphatic rings. The molecule has 2 aromatic heterocycles. The zero-order valence-electron chi connectivity index (χ0n) is 18.5. The van der Waals surface area contributed by atoms with Crippen LogP contribution in [0.2, 0.25) is 0 Å². The number of amides is 1. The number of aryl methyl sites for hydroxylation is 1. The molecule has 10 heteroatoms. The highest BCUT2D eigenvalue weighted by Crippen LogP contribution is 2.31. The third-order valence-corrected chi connectivity index (χ3v) is 6.09. The first-order chi connectivity index (χ1) is 16.2. The molecule has 4 rings (SSSR count). The van der Waals surface area contributed by atoms with Gasteiger partial charge in [0.15, 0.2) is 5.82 Å². The monoisotopic (exact) mass is 473 g/mol. The van der Waals surface area contributed by atoms with Crippen LogP contribution in [-0.4, -0.2) is 43.3 Å². The molecule has 1 aromatic carbocycles. The minimum atomic E-state index is -4.50. The van der Waals surface area contributed by atoms with Crippen molar-refractivity contribution in [3.05, 3.63) is 71.8 Å². The van der Waals surface area contributed by atoms with Crippen molar-refractivity contribution >= 4 is 5.91 Å². The summed E-state index contributed by atoms with van der Waals surface area (Å²) < 4.78 is 52.5. The van der Waals surface area contributed by atoms with Gasteiger partial charge in [0.1, 0.15) is 11.6 Å². The first-order valence-corrected chi connectivity index (χ1v) is 11.0. The first kappa shape index (κ1) is 23.7. The van der Waals surface area contributed by atoms with E-state index in [1.807, 2.05) is 6.92 Å². The summed E-state index contributed by atoms with van der Waals surface area (Å²) in [6, 6.07) is 5.42. The molecule has 3 aromatic rings. The Hall–Kier alpha value is -3.43. The average Bonchev–Trinajstić information content (AvgIpc) is 2.83. The van der Waals surface area contributed by atoms with Crippen LogP contribution in [0.25, 0.3) is 11.4 Å². The fourth-order valence-electron chi connectivity index (χ4n) is 4.33. The second-order valence-corrected chi connectivity index (χ2v) is 8.37. The van der Waals surface area contributed by atoms with Crippen molar-refractivity contribution in [2.45, 2.75) is 44.8 Å². The second kappa shape index (κ2) is 9.82. The van der Waals surface area contributed by atoms with Gasteiger partial charge in [-0.1, -0.05) is 6.92 Å². The van der Waals surface area contributed by atoms with E-state index < -0.39 is 17.6 Å². The summed E-state index contributed by atoms with van der Waals surface area (Å²) in [5, 5.41) is 0.